The van der Waals surface area contributed by atoms with Crippen LogP contribution < -0.4 is 0 Å². The third-order valence-corrected chi connectivity index (χ3v) is 3.99. The molecule has 2 aromatic heterocycles. The third kappa shape index (κ3) is 2.75. The Morgan fingerprint density at radius 3 is 2.85 bits per heavy atom. The Hall–Kier alpha value is -2.07. The molecular formula is C16H14N2OS. The maximum atomic E-state index is 12.2. The van der Waals surface area contributed by atoms with E-state index in [1.54, 1.807) is 17.5 Å². The average Bonchev–Trinajstić information content (AvgIpc) is 2.84. The molecule has 0 atom stereocenters. The Kier molecular flexibility index (Phi) is 3.56. The number of fused-ring (bicyclic) bond motifs is 1. The number of Topliss-reactive ketones (excluding diaryl/α,β-unsaturated/α-hetero) is 1. The molecule has 0 aliphatic carbocycles. The van der Waals surface area contributed by atoms with Crippen molar-refractivity contribution in [1.29, 1.82) is 0 Å². The second kappa shape index (κ2) is 5.51. The van der Waals surface area contributed by atoms with E-state index >= 15 is 0 Å². The van der Waals surface area contributed by atoms with Crippen LogP contribution in [0.1, 0.15) is 16.3 Å². The summed E-state index contributed by atoms with van der Waals surface area (Å²) in [4.78, 5) is 20.8. The van der Waals surface area contributed by atoms with Crippen molar-refractivity contribution in [3.8, 4) is 0 Å². The lowest BCUT2D eigenvalue weighted by molar-refractivity contribution is -0.117. The summed E-state index contributed by atoms with van der Waals surface area (Å²) in [5.41, 5.74) is 2.84. The molecule has 2 heterocycles. The molecule has 4 heteroatoms. The number of hydrogen-bond donors (Lipinski definition) is 0. The van der Waals surface area contributed by atoms with Gasteiger partial charge in [0.2, 0.25) is 0 Å². The summed E-state index contributed by atoms with van der Waals surface area (Å²) in [6.45, 7) is 1.95. The molecule has 0 unspecified atom stereocenters. The van der Waals surface area contributed by atoms with Crippen molar-refractivity contribution >= 4 is 28.0 Å². The number of pyridine rings is 1. The van der Waals surface area contributed by atoms with Crippen LogP contribution in [0.2, 0.25) is 0 Å². The molecular weight excluding hydrogens is 268 g/mol. The lowest BCUT2D eigenvalue weighted by Crippen LogP contribution is -2.07. The first-order valence-corrected chi connectivity index (χ1v) is 7.35. The Bertz CT molecular complexity index is 759. The fourth-order valence-corrected chi connectivity index (χ4v) is 2.89. The van der Waals surface area contributed by atoms with E-state index in [-0.39, 0.29) is 5.78 Å². The molecule has 3 nitrogen and oxygen atoms in total. The molecule has 0 spiro atoms. The van der Waals surface area contributed by atoms with Gasteiger partial charge in [-0.25, -0.2) is 4.98 Å². The molecule has 0 saturated heterocycles. The number of carbonyl (C=O) groups excluding carboxylic acids is 1. The van der Waals surface area contributed by atoms with Gasteiger partial charge in [-0.2, -0.15) is 0 Å². The molecule has 0 N–H and O–H groups in total. The number of aromatic nitrogens is 2. The van der Waals surface area contributed by atoms with E-state index in [0.717, 1.165) is 27.2 Å². The number of para-hydroxylation sites is 1. The van der Waals surface area contributed by atoms with Gasteiger partial charge in [-0.3, -0.25) is 9.78 Å². The molecule has 3 aromatic rings. The zero-order chi connectivity index (χ0) is 13.9. The van der Waals surface area contributed by atoms with Crippen LogP contribution in [0, 0.1) is 6.92 Å². The van der Waals surface area contributed by atoms with Crippen LogP contribution in [0.4, 0.5) is 0 Å². The molecule has 0 radical (unpaired) electrons. The molecule has 0 amide bonds. The van der Waals surface area contributed by atoms with E-state index in [1.807, 2.05) is 42.6 Å². The number of thiazole rings is 1. The van der Waals surface area contributed by atoms with Gasteiger partial charge in [-0.15, -0.1) is 11.3 Å². The first kappa shape index (κ1) is 12.9. The maximum absolute atomic E-state index is 12.2. The fraction of sp³-hybridized carbons (Fsp3) is 0.188. The minimum absolute atomic E-state index is 0.187. The number of hydrogen-bond acceptors (Lipinski definition) is 4. The zero-order valence-corrected chi connectivity index (χ0v) is 12.0. The molecule has 0 aliphatic rings. The molecule has 0 fully saturated rings. The van der Waals surface area contributed by atoms with Gasteiger partial charge in [-0.1, -0.05) is 18.2 Å². The summed E-state index contributed by atoms with van der Waals surface area (Å²) in [6.07, 6.45) is 2.60. The molecule has 0 saturated carbocycles. The number of rotatable bonds is 4. The number of benzene rings is 1. The Morgan fingerprint density at radius 1 is 1.20 bits per heavy atom. The highest BCUT2D eigenvalue weighted by Gasteiger charge is 2.10. The van der Waals surface area contributed by atoms with Crippen molar-refractivity contribution in [1.82, 2.24) is 9.97 Å². The van der Waals surface area contributed by atoms with E-state index in [1.165, 1.54) is 0 Å². The van der Waals surface area contributed by atoms with Gasteiger partial charge in [0.1, 0.15) is 5.78 Å². The monoisotopic (exact) mass is 282 g/mol. The van der Waals surface area contributed by atoms with Crippen LogP contribution in [0.15, 0.2) is 41.9 Å². The first-order valence-electron chi connectivity index (χ1n) is 6.48. The van der Waals surface area contributed by atoms with Crippen LogP contribution in [-0.4, -0.2) is 15.8 Å². The van der Waals surface area contributed by atoms with Gasteiger partial charge in [-0.05, 0) is 24.6 Å². The fourth-order valence-electron chi connectivity index (χ4n) is 2.28. The van der Waals surface area contributed by atoms with Crippen molar-refractivity contribution in [2.75, 3.05) is 0 Å². The number of ketones is 1. The number of aryl methyl sites for hydroxylation is 1. The van der Waals surface area contributed by atoms with Crippen molar-refractivity contribution < 1.29 is 4.79 Å². The van der Waals surface area contributed by atoms with Gasteiger partial charge in [0.25, 0.3) is 0 Å². The average molecular weight is 282 g/mol. The minimum Gasteiger partial charge on any atom is -0.299 e. The summed E-state index contributed by atoms with van der Waals surface area (Å²) >= 11 is 1.58. The Balaban J connectivity index is 1.81. The molecule has 0 bridgehead atoms. The summed E-state index contributed by atoms with van der Waals surface area (Å²) < 4.78 is 0. The van der Waals surface area contributed by atoms with Crippen LogP contribution in [-0.2, 0) is 17.6 Å². The van der Waals surface area contributed by atoms with E-state index in [4.69, 9.17) is 0 Å². The second-order valence-electron chi connectivity index (χ2n) is 4.74. The lowest BCUT2D eigenvalue weighted by Gasteiger charge is -2.04. The van der Waals surface area contributed by atoms with Gasteiger partial charge >= 0.3 is 0 Å². The van der Waals surface area contributed by atoms with E-state index in [9.17, 15) is 4.79 Å². The number of nitrogens with zero attached hydrogens (tertiary/aromatic N) is 2. The van der Waals surface area contributed by atoms with Crippen LogP contribution in [0.5, 0.6) is 0 Å². The van der Waals surface area contributed by atoms with Crippen LogP contribution >= 0.6 is 11.3 Å². The Labute approximate surface area is 121 Å². The van der Waals surface area contributed by atoms with Crippen LogP contribution in [0.25, 0.3) is 10.9 Å². The Morgan fingerprint density at radius 2 is 2.05 bits per heavy atom. The topological polar surface area (TPSA) is 42.9 Å². The van der Waals surface area contributed by atoms with Crippen LogP contribution in [0.3, 0.4) is 0 Å². The van der Waals surface area contributed by atoms with Crippen molar-refractivity contribution in [3.05, 3.63) is 58.2 Å². The third-order valence-electron chi connectivity index (χ3n) is 3.17. The highest BCUT2D eigenvalue weighted by molar-refractivity contribution is 7.09. The summed E-state index contributed by atoms with van der Waals surface area (Å²) in [6, 6.07) is 9.83. The van der Waals surface area contributed by atoms with E-state index < -0.39 is 0 Å². The molecule has 3 rings (SSSR count). The van der Waals surface area contributed by atoms with Gasteiger partial charge < -0.3 is 0 Å². The quantitative estimate of drug-likeness (QED) is 0.737. The number of carbonyl (C=O) groups is 1. The normalized spacial score (nSPS) is 10.8. The largest absolute Gasteiger partial charge is 0.299 e. The molecule has 100 valence electrons. The molecule has 20 heavy (non-hydrogen) atoms. The summed E-state index contributed by atoms with van der Waals surface area (Å²) in [5, 5.41) is 4.01. The molecule has 0 aliphatic heterocycles. The smallest absolute Gasteiger partial charge is 0.143 e. The van der Waals surface area contributed by atoms with E-state index in [2.05, 4.69) is 9.97 Å². The highest BCUT2D eigenvalue weighted by atomic mass is 32.1. The predicted molar refractivity (Wildman–Crippen MR) is 81.0 cm³/mol. The van der Waals surface area contributed by atoms with Crippen molar-refractivity contribution in [3.63, 3.8) is 0 Å². The SMILES string of the molecule is Cc1nc(CC(=O)Cc2ccnc3ccccc23)cs1. The second-order valence-corrected chi connectivity index (χ2v) is 5.80. The minimum atomic E-state index is 0.187. The van der Waals surface area contributed by atoms with Gasteiger partial charge in [0, 0.05) is 29.8 Å². The summed E-state index contributed by atoms with van der Waals surface area (Å²) in [7, 11) is 0. The first-order chi connectivity index (χ1) is 9.72. The van der Waals surface area contributed by atoms with Crippen molar-refractivity contribution in [2.24, 2.45) is 0 Å². The molecule has 1 aromatic carbocycles. The lowest BCUT2D eigenvalue weighted by atomic mass is 10.0. The predicted octanol–water partition coefficient (Wildman–Crippen LogP) is 3.35. The summed E-state index contributed by atoms with van der Waals surface area (Å²) in [5.74, 6) is 0.187. The van der Waals surface area contributed by atoms with Gasteiger partial charge in [0.05, 0.1) is 16.2 Å². The standard InChI is InChI=1S/C16H14N2OS/c1-11-18-13(10-20-11)9-14(19)8-12-6-7-17-16-5-3-2-4-15(12)16/h2-7,10H,8-9H2,1H3. The zero-order valence-electron chi connectivity index (χ0n) is 11.2. The van der Waals surface area contributed by atoms with Gasteiger partial charge in [0.15, 0.2) is 0 Å². The highest BCUT2D eigenvalue weighted by Crippen LogP contribution is 2.17. The van der Waals surface area contributed by atoms with Crippen molar-refractivity contribution in [2.45, 2.75) is 19.8 Å². The maximum Gasteiger partial charge on any atom is 0.143 e. The van der Waals surface area contributed by atoms with E-state index in [0.29, 0.717) is 12.8 Å².